The first-order valence-electron chi connectivity index (χ1n) is 9.98. The average Bonchev–Trinajstić information content (AvgIpc) is 3.12. The SMILES string of the molecule is Cc1cnc(C2CCCN2C(=O)c2cc(C3CC3)[nH]n2)n1Cc1ccncc1. The lowest BCUT2D eigenvalue weighted by Crippen LogP contribution is -2.32. The molecular formula is C21H24N6O. The summed E-state index contributed by atoms with van der Waals surface area (Å²) in [5, 5.41) is 7.35. The van der Waals surface area contributed by atoms with Gasteiger partial charge >= 0.3 is 0 Å². The van der Waals surface area contributed by atoms with Gasteiger partial charge in [0.05, 0.1) is 6.04 Å². The van der Waals surface area contributed by atoms with Gasteiger partial charge in [-0.3, -0.25) is 14.9 Å². The minimum atomic E-state index is -0.0101. The zero-order valence-electron chi connectivity index (χ0n) is 16.0. The van der Waals surface area contributed by atoms with Crippen LogP contribution < -0.4 is 0 Å². The van der Waals surface area contributed by atoms with E-state index in [-0.39, 0.29) is 11.9 Å². The van der Waals surface area contributed by atoms with Crippen LogP contribution >= 0.6 is 0 Å². The number of amides is 1. The molecule has 1 aliphatic carbocycles. The van der Waals surface area contributed by atoms with Crippen LogP contribution in [-0.4, -0.2) is 42.1 Å². The number of H-pyrrole nitrogens is 1. The van der Waals surface area contributed by atoms with Crippen LogP contribution in [0.25, 0.3) is 0 Å². The van der Waals surface area contributed by atoms with Crippen LogP contribution in [0.3, 0.4) is 0 Å². The fourth-order valence-electron chi connectivity index (χ4n) is 4.10. The second-order valence-electron chi connectivity index (χ2n) is 7.84. The third-order valence-corrected chi connectivity index (χ3v) is 5.82. The largest absolute Gasteiger partial charge is 0.327 e. The summed E-state index contributed by atoms with van der Waals surface area (Å²) < 4.78 is 2.21. The van der Waals surface area contributed by atoms with Gasteiger partial charge in [0, 0.05) is 49.0 Å². The lowest BCUT2D eigenvalue weighted by Gasteiger charge is -2.24. The van der Waals surface area contributed by atoms with E-state index in [1.807, 2.05) is 41.7 Å². The van der Waals surface area contributed by atoms with Gasteiger partial charge in [0.25, 0.3) is 5.91 Å². The number of hydrogen-bond donors (Lipinski definition) is 1. The van der Waals surface area contributed by atoms with Crippen LogP contribution in [0.1, 0.15) is 70.9 Å². The second-order valence-corrected chi connectivity index (χ2v) is 7.84. The Kier molecular flexibility index (Phi) is 4.22. The van der Waals surface area contributed by atoms with E-state index in [1.54, 1.807) is 0 Å². The fraction of sp³-hybridized carbons (Fsp3) is 0.429. The maximum atomic E-state index is 13.2. The van der Waals surface area contributed by atoms with Gasteiger partial charge in [-0.15, -0.1) is 0 Å². The summed E-state index contributed by atoms with van der Waals surface area (Å²) in [5.74, 6) is 1.52. The molecule has 7 heteroatoms. The molecule has 3 aromatic heterocycles. The monoisotopic (exact) mass is 376 g/mol. The van der Waals surface area contributed by atoms with Crippen molar-refractivity contribution in [1.29, 1.82) is 0 Å². The maximum absolute atomic E-state index is 13.2. The van der Waals surface area contributed by atoms with Gasteiger partial charge < -0.3 is 9.47 Å². The summed E-state index contributed by atoms with van der Waals surface area (Å²) in [5.41, 5.74) is 3.89. The Morgan fingerprint density at radius 1 is 1.25 bits per heavy atom. The molecule has 1 unspecified atom stereocenters. The number of nitrogens with one attached hydrogen (secondary N) is 1. The number of imidazole rings is 1. The molecule has 1 saturated heterocycles. The minimum Gasteiger partial charge on any atom is -0.327 e. The van der Waals surface area contributed by atoms with E-state index in [0.717, 1.165) is 43.1 Å². The zero-order valence-corrected chi connectivity index (χ0v) is 16.0. The lowest BCUT2D eigenvalue weighted by atomic mass is 10.2. The number of nitrogens with zero attached hydrogens (tertiary/aromatic N) is 5. The van der Waals surface area contributed by atoms with Crippen LogP contribution in [0.4, 0.5) is 0 Å². The van der Waals surface area contributed by atoms with Crippen LogP contribution in [0.5, 0.6) is 0 Å². The van der Waals surface area contributed by atoms with Crippen molar-refractivity contribution in [3.05, 3.63) is 65.3 Å². The number of hydrogen-bond acceptors (Lipinski definition) is 4. The molecular weight excluding hydrogens is 352 g/mol. The molecule has 2 fully saturated rings. The molecule has 3 aromatic rings. The van der Waals surface area contributed by atoms with Gasteiger partial charge in [0.2, 0.25) is 0 Å². The van der Waals surface area contributed by atoms with Gasteiger partial charge in [-0.25, -0.2) is 4.98 Å². The highest BCUT2D eigenvalue weighted by Crippen LogP contribution is 2.39. The quantitative estimate of drug-likeness (QED) is 0.741. The number of aryl methyl sites for hydroxylation is 1. The molecule has 4 heterocycles. The highest BCUT2D eigenvalue weighted by atomic mass is 16.2. The van der Waals surface area contributed by atoms with E-state index in [4.69, 9.17) is 0 Å². The Bertz CT molecular complexity index is 988. The van der Waals surface area contributed by atoms with Gasteiger partial charge in [-0.1, -0.05) is 0 Å². The predicted octanol–water partition coefficient (Wildman–Crippen LogP) is 3.21. The maximum Gasteiger partial charge on any atom is 0.274 e. The molecule has 5 rings (SSSR count). The summed E-state index contributed by atoms with van der Waals surface area (Å²) in [7, 11) is 0. The van der Waals surface area contributed by atoms with Crippen molar-refractivity contribution in [1.82, 2.24) is 29.6 Å². The second kappa shape index (κ2) is 6.89. The lowest BCUT2D eigenvalue weighted by molar-refractivity contribution is 0.0721. The topological polar surface area (TPSA) is 79.7 Å². The predicted molar refractivity (Wildman–Crippen MR) is 104 cm³/mol. The number of carbonyl (C=O) groups is 1. The Labute approximate surface area is 163 Å². The molecule has 144 valence electrons. The third-order valence-electron chi connectivity index (χ3n) is 5.82. The number of rotatable bonds is 5. The van der Waals surface area contributed by atoms with E-state index in [9.17, 15) is 4.79 Å². The normalized spacial score (nSPS) is 19.3. The summed E-state index contributed by atoms with van der Waals surface area (Å²) >= 11 is 0. The molecule has 1 aliphatic heterocycles. The summed E-state index contributed by atoms with van der Waals surface area (Å²) in [6.07, 6.45) is 9.80. The van der Waals surface area contributed by atoms with Crippen molar-refractivity contribution < 1.29 is 4.79 Å². The van der Waals surface area contributed by atoms with Crippen molar-refractivity contribution in [3.63, 3.8) is 0 Å². The van der Waals surface area contributed by atoms with Crippen molar-refractivity contribution in [3.8, 4) is 0 Å². The van der Waals surface area contributed by atoms with Crippen LogP contribution in [0, 0.1) is 6.92 Å². The van der Waals surface area contributed by atoms with E-state index >= 15 is 0 Å². The van der Waals surface area contributed by atoms with Crippen molar-refractivity contribution in [2.45, 2.75) is 51.1 Å². The number of likely N-dealkylation sites (tertiary alicyclic amines) is 1. The summed E-state index contributed by atoms with van der Waals surface area (Å²) in [4.78, 5) is 23.9. The van der Waals surface area contributed by atoms with Crippen LogP contribution in [0.2, 0.25) is 0 Å². The van der Waals surface area contributed by atoms with E-state index in [2.05, 4.69) is 31.7 Å². The van der Waals surface area contributed by atoms with E-state index in [1.165, 1.54) is 18.4 Å². The zero-order chi connectivity index (χ0) is 19.1. The summed E-state index contributed by atoms with van der Waals surface area (Å²) in [6.45, 7) is 3.54. The van der Waals surface area contributed by atoms with E-state index < -0.39 is 0 Å². The molecule has 28 heavy (non-hydrogen) atoms. The molecule has 1 atom stereocenters. The number of aromatic amines is 1. The smallest absolute Gasteiger partial charge is 0.274 e. The molecule has 2 aliphatic rings. The van der Waals surface area contributed by atoms with Gasteiger partial charge in [0.1, 0.15) is 11.5 Å². The van der Waals surface area contributed by atoms with E-state index in [0.29, 0.717) is 11.6 Å². The Morgan fingerprint density at radius 3 is 2.86 bits per heavy atom. The molecule has 0 spiro atoms. The highest BCUT2D eigenvalue weighted by molar-refractivity contribution is 5.92. The van der Waals surface area contributed by atoms with Crippen LogP contribution in [0.15, 0.2) is 36.8 Å². The third kappa shape index (κ3) is 3.10. The fourth-order valence-corrected chi connectivity index (χ4v) is 4.10. The molecule has 0 bridgehead atoms. The van der Waals surface area contributed by atoms with Crippen molar-refractivity contribution in [2.24, 2.45) is 0 Å². The highest BCUT2D eigenvalue weighted by Gasteiger charge is 2.35. The number of carbonyl (C=O) groups excluding carboxylic acids is 1. The molecule has 7 nitrogen and oxygen atoms in total. The molecule has 1 amide bonds. The van der Waals surface area contributed by atoms with Crippen LogP contribution in [-0.2, 0) is 6.54 Å². The molecule has 1 saturated carbocycles. The standard InChI is InChI=1S/C21H24N6O/c1-14-12-23-20(27(14)13-15-6-8-22-9-7-15)19-3-2-10-26(19)21(28)18-11-17(24-25-18)16-4-5-16/h6-9,11-12,16,19H,2-5,10,13H2,1H3,(H,24,25). The van der Waals surface area contributed by atoms with Gasteiger partial charge in [0.15, 0.2) is 0 Å². The summed E-state index contributed by atoms with van der Waals surface area (Å²) in [6, 6.07) is 5.96. The Morgan fingerprint density at radius 2 is 2.07 bits per heavy atom. The first-order chi connectivity index (χ1) is 13.7. The van der Waals surface area contributed by atoms with Crippen molar-refractivity contribution in [2.75, 3.05) is 6.54 Å². The first kappa shape index (κ1) is 17.2. The number of pyridine rings is 1. The van der Waals surface area contributed by atoms with Gasteiger partial charge in [-0.05, 0) is 56.4 Å². The van der Waals surface area contributed by atoms with Gasteiger partial charge in [-0.2, -0.15) is 5.10 Å². The first-order valence-corrected chi connectivity index (χ1v) is 9.98. The van der Waals surface area contributed by atoms with Crippen molar-refractivity contribution >= 4 is 5.91 Å². The Hall–Kier alpha value is -2.96. The average molecular weight is 376 g/mol. The molecule has 1 N–H and O–H groups in total. The number of aromatic nitrogens is 5. The Balaban J connectivity index is 1.41. The molecule has 0 radical (unpaired) electrons. The minimum absolute atomic E-state index is 0.00163. The molecule has 0 aromatic carbocycles.